The Hall–Kier alpha value is -1.63. The van der Waals surface area contributed by atoms with Gasteiger partial charge < -0.3 is 25.8 Å². The number of nitrogens with zero attached hydrogens (tertiary/aromatic N) is 1. The van der Waals surface area contributed by atoms with Crippen LogP contribution in [0.3, 0.4) is 0 Å². The summed E-state index contributed by atoms with van der Waals surface area (Å²) in [6, 6.07) is 5.26. The predicted molar refractivity (Wildman–Crippen MR) is 72.1 cm³/mol. The molecule has 0 saturated carbocycles. The summed E-state index contributed by atoms with van der Waals surface area (Å²) < 4.78 is 5.30. The Bertz CT molecular complexity index is 476. The van der Waals surface area contributed by atoms with Crippen molar-refractivity contribution in [2.24, 2.45) is 5.73 Å². The van der Waals surface area contributed by atoms with Gasteiger partial charge in [-0.2, -0.15) is 0 Å². The molecule has 2 atom stereocenters. The van der Waals surface area contributed by atoms with Gasteiger partial charge in [0, 0.05) is 6.54 Å². The van der Waals surface area contributed by atoms with E-state index < -0.39 is 6.10 Å². The van der Waals surface area contributed by atoms with Crippen molar-refractivity contribution in [2.75, 3.05) is 32.6 Å². The summed E-state index contributed by atoms with van der Waals surface area (Å²) in [6.45, 7) is 0.206. The van der Waals surface area contributed by atoms with Gasteiger partial charge in [0.2, 0.25) is 0 Å². The van der Waals surface area contributed by atoms with Gasteiger partial charge in [0.1, 0.15) is 5.75 Å². The first-order valence-electron chi connectivity index (χ1n) is 6.14. The number of nitrogens with two attached hydrogens (primary N) is 1. The van der Waals surface area contributed by atoms with Crippen LogP contribution in [0, 0.1) is 0 Å². The molecule has 0 aromatic heterocycles. The molecule has 6 nitrogen and oxygen atoms in total. The molecule has 6 heteroatoms. The molecule has 104 valence electrons. The number of fused-ring (bicyclic) bond motifs is 1. The second-order valence-electron chi connectivity index (χ2n) is 4.80. The van der Waals surface area contributed by atoms with E-state index >= 15 is 0 Å². The van der Waals surface area contributed by atoms with Crippen LogP contribution in [0.1, 0.15) is 11.6 Å². The summed E-state index contributed by atoms with van der Waals surface area (Å²) in [7, 11) is 3.75. The number of benzene rings is 1. The molecule has 0 spiro atoms. The molecule has 2 unspecified atom stereocenters. The lowest BCUT2D eigenvalue weighted by molar-refractivity contribution is -0.118. The number of ether oxygens (including phenoxy) is 1. The number of nitrogens with one attached hydrogen (secondary N) is 1. The highest BCUT2D eigenvalue weighted by Gasteiger charge is 2.24. The van der Waals surface area contributed by atoms with Gasteiger partial charge in [-0.15, -0.1) is 0 Å². The van der Waals surface area contributed by atoms with Gasteiger partial charge in [0.15, 0.2) is 6.61 Å². The third-order valence-corrected chi connectivity index (χ3v) is 3.14. The maximum Gasteiger partial charge on any atom is 0.262 e. The molecule has 1 amide bonds. The number of hydrogen-bond donors (Lipinski definition) is 3. The zero-order valence-corrected chi connectivity index (χ0v) is 11.1. The number of carbonyl (C=O) groups excluding carboxylic acids is 1. The van der Waals surface area contributed by atoms with Gasteiger partial charge in [-0.05, 0) is 31.8 Å². The third kappa shape index (κ3) is 2.86. The Morgan fingerprint density at radius 3 is 2.89 bits per heavy atom. The Morgan fingerprint density at radius 2 is 2.26 bits per heavy atom. The number of rotatable bonds is 4. The van der Waals surface area contributed by atoms with Crippen molar-refractivity contribution in [2.45, 2.75) is 12.1 Å². The van der Waals surface area contributed by atoms with Crippen LogP contribution in [0.15, 0.2) is 18.2 Å². The average molecular weight is 265 g/mol. The van der Waals surface area contributed by atoms with E-state index in [-0.39, 0.29) is 25.1 Å². The van der Waals surface area contributed by atoms with Crippen LogP contribution < -0.4 is 15.8 Å². The molecule has 1 heterocycles. The predicted octanol–water partition coefficient (Wildman–Crippen LogP) is -0.0602. The minimum atomic E-state index is -0.673. The Morgan fingerprint density at radius 1 is 1.53 bits per heavy atom. The van der Waals surface area contributed by atoms with E-state index in [1.165, 1.54) is 0 Å². The van der Waals surface area contributed by atoms with Gasteiger partial charge in [-0.25, -0.2) is 0 Å². The number of carbonyl (C=O) groups is 1. The molecule has 0 aliphatic carbocycles. The molecule has 0 saturated heterocycles. The summed E-state index contributed by atoms with van der Waals surface area (Å²) in [5.41, 5.74) is 7.05. The van der Waals surface area contributed by atoms with Gasteiger partial charge in [-0.1, -0.05) is 6.07 Å². The first-order chi connectivity index (χ1) is 9.02. The van der Waals surface area contributed by atoms with Crippen LogP contribution in [-0.2, 0) is 4.79 Å². The first kappa shape index (κ1) is 13.8. The lowest BCUT2D eigenvalue weighted by Crippen LogP contribution is -2.36. The van der Waals surface area contributed by atoms with Gasteiger partial charge >= 0.3 is 0 Å². The largest absolute Gasteiger partial charge is 0.482 e. The van der Waals surface area contributed by atoms with Crippen LogP contribution in [0.5, 0.6) is 5.75 Å². The number of amides is 1. The van der Waals surface area contributed by atoms with E-state index in [0.717, 1.165) is 5.56 Å². The molecule has 0 bridgehead atoms. The molecule has 1 aliphatic heterocycles. The summed E-state index contributed by atoms with van der Waals surface area (Å²) in [6.07, 6.45) is -0.673. The second-order valence-corrected chi connectivity index (χ2v) is 4.80. The van der Waals surface area contributed by atoms with Gasteiger partial charge in [0.25, 0.3) is 5.91 Å². The Kier molecular flexibility index (Phi) is 4.04. The summed E-state index contributed by atoms with van der Waals surface area (Å²) in [4.78, 5) is 13.2. The van der Waals surface area contributed by atoms with Crippen LogP contribution in [0.2, 0.25) is 0 Å². The summed E-state index contributed by atoms with van der Waals surface area (Å²) in [5, 5.41) is 12.8. The van der Waals surface area contributed by atoms with Crippen molar-refractivity contribution in [3.05, 3.63) is 23.8 Å². The van der Waals surface area contributed by atoms with Crippen molar-refractivity contribution in [3.63, 3.8) is 0 Å². The van der Waals surface area contributed by atoms with Gasteiger partial charge in [-0.3, -0.25) is 4.79 Å². The number of anilines is 1. The lowest BCUT2D eigenvalue weighted by atomic mass is 9.99. The third-order valence-electron chi connectivity index (χ3n) is 3.14. The summed E-state index contributed by atoms with van der Waals surface area (Å²) >= 11 is 0. The van der Waals surface area contributed by atoms with Crippen molar-refractivity contribution < 1.29 is 14.6 Å². The lowest BCUT2D eigenvalue weighted by Gasteiger charge is -2.30. The fourth-order valence-corrected chi connectivity index (χ4v) is 2.28. The minimum absolute atomic E-state index is 0.0366. The average Bonchev–Trinajstić information content (AvgIpc) is 2.37. The Labute approximate surface area is 112 Å². The molecule has 4 N–H and O–H groups in total. The van der Waals surface area contributed by atoms with E-state index in [1.54, 1.807) is 6.07 Å². The van der Waals surface area contributed by atoms with E-state index in [4.69, 9.17) is 10.5 Å². The topological polar surface area (TPSA) is 87.8 Å². The number of aliphatic hydroxyl groups is 1. The maximum absolute atomic E-state index is 11.3. The van der Waals surface area contributed by atoms with Gasteiger partial charge in [0.05, 0.1) is 17.8 Å². The molecule has 1 aromatic rings. The fourth-order valence-electron chi connectivity index (χ4n) is 2.28. The molecule has 19 heavy (non-hydrogen) atoms. The van der Waals surface area contributed by atoms with Crippen molar-refractivity contribution in [1.29, 1.82) is 0 Å². The van der Waals surface area contributed by atoms with E-state index in [1.807, 2.05) is 31.1 Å². The van der Waals surface area contributed by atoms with Crippen molar-refractivity contribution in [1.82, 2.24) is 4.90 Å². The molecule has 1 aliphatic rings. The fraction of sp³-hybridized carbons (Fsp3) is 0.462. The van der Waals surface area contributed by atoms with Crippen LogP contribution in [0.4, 0.5) is 5.69 Å². The number of aliphatic hydroxyl groups excluding tert-OH is 1. The highest BCUT2D eigenvalue weighted by atomic mass is 16.5. The molecular weight excluding hydrogens is 246 g/mol. The Balaban J connectivity index is 2.34. The number of likely N-dealkylation sites (N-methyl/N-ethyl adjacent to an activating group) is 1. The molecular formula is C13H19N3O3. The van der Waals surface area contributed by atoms with E-state index in [0.29, 0.717) is 11.4 Å². The zero-order valence-electron chi connectivity index (χ0n) is 11.1. The highest BCUT2D eigenvalue weighted by Crippen LogP contribution is 2.32. The molecule has 0 radical (unpaired) electrons. The molecule has 1 aromatic carbocycles. The van der Waals surface area contributed by atoms with Crippen LogP contribution in [-0.4, -0.2) is 49.3 Å². The van der Waals surface area contributed by atoms with Crippen molar-refractivity contribution in [3.8, 4) is 5.75 Å². The normalized spacial score (nSPS) is 17.4. The minimum Gasteiger partial charge on any atom is -0.482 e. The molecule has 0 fully saturated rings. The monoisotopic (exact) mass is 265 g/mol. The smallest absolute Gasteiger partial charge is 0.262 e. The number of hydrogen-bond acceptors (Lipinski definition) is 5. The maximum atomic E-state index is 11.3. The quantitative estimate of drug-likeness (QED) is 0.710. The van der Waals surface area contributed by atoms with E-state index in [2.05, 4.69) is 5.32 Å². The van der Waals surface area contributed by atoms with Crippen LogP contribution >= 0.6 is 0 Å². The standard InChI is InChI=1S/C13H19N3O3/c1-16(2)13(10(17)6-14)8-3-4-11-9(5-8)15-12(18)7-19-11/h3-5,10,13,17H,6-7,14H2,1-2H3,(H,15,18). The highest BCUT2D eigenvalue weighted by molar-refractivity contribution is 5.95. The second kappa shape index (κ2) is 5.56. The zero-order chi connectivity index (χ0) is 14.0. The van der Waals surface area contributed by atoms with E-state index in [9.17, 15) is 9.90 Å². The first-order valence-corrected chi connectivity index (χ1v) is 6.14. The molecule has 2 rings (SSSR count). The van der Waals surface area contributed by atoms with Crippen molar-refractivity contribution >= 4 is 11.6 Å². The summed E-state index contributed by atoms with van der Waals surface area (Å²) in [5.74, 6) is 0.466. The van der Waals surface area contributed by atoms with Crippen LogP contribution in [0.25, 0.3) is 0 Å². The SMILES string of the molecule is CN(C)C(c1ccc2c(c1)NC(=O)CO2)C(O)CN.